The Hall–Kier alpha value is -8.26. The van der Waals surface area contributed by atoms with Crippen LogP contribution in [0, 0.1) is 0 Å². The Bertz CT molecular complexity index is 3230. The summed E-state index contributed by atoms with van der Waals surface area (Å²) in [4.78, 5) is 65.9. The lowest BCUT2D eigenvalue weighted by Gasteiger charge is -2.19. The fourth-order valence-corrected chi connectivity index (χ4v) is 7.57. The number of phenolic OH excluding ortho intramolecular Hbond substituents is 1. The zero-order chi connectivity index (χ0) is 44.0. The van der Waals surface area contributed by atoms with Gasteiger partial charge in [0.1, 0.15) is 42.5 Å². The molecule has 0 bridgehead atoms. The molecule has 8 rings (SSSR count). The number of aromatic carboxylic acids is 2. The number of fused-ring (bicyclic) bond motifs is 4. The van der Waals surface area contributed by atoms with Crippen molar-refractivity contribution in [3.8, 4) is 50.7 Å². The summed E-state index contributed by atoms with van der Waals surface area (Å²) in [6.07, 6.45) is 0. The Balaban J connectivity index is 0.00000595. The van der Waals surface area contributed by atoms with Crippen LogP contribution in [0.25, 0.3) is 66.8 Å². The van der Waals surface area contributed by atoms with Gasteiger partial charge in [-0.1, -0.05) is 25.6 Å². The second-order valence-corrected chi connectivity index (χ2v) is 15.2. The first-order valence-corrected chi connectivity index (χ1v) is 19.3. The van der Waals surface area contributed by atoms with Crippen LogP contribution in [-0.2, 0) is 11.3 Å². The number of amides is 2. The number of aromatic hydroxyl groups is 1. The average Bonchev–Trinajstić information content (AvgIpc) is 3.24. The number of nitrogens with one attached hydrogen (secondary N) is 2. The van der Waals surface area contributed by atoms with Gasteiger partial charge in [-0.3, -0.25) is 14.4 Å². The highest BCUT2D eigenvalue weighted by atomic mass is 16.4. The van der Waals surface area contributed by atoms with E-state index in [-0.39, 0.29) is 53.2 Å². The molecule has 2 aliphatic heterocycles. The van der Waals surface area contributed by atoms with E-state index in [1.165, 1.54) is 42.5 Å². The molecule has 63 heavy (non-hydrogen) atoms. The number of carbonyl (C=O) groups excluding carboxylic acids is 2. The van der Waals surface area contributed by atoms with Crippen molar-refractivity contribution >= 4 is 51.4 Å². The summed E-state index contributed by atoms with van der Waals surface area (Å²) < 4.78 is 14.2. The molecule has 14 nitrogen and oxygen atoms in total. The van der Waals surface area contributed by atoms with Crippen LogP contribution in [0.4, 0.5) is 5.69 Å². The molecule has 318 valence electrons. The lowest BCUT2D eigenvalue weighted by atomic mass is 9.89. The Labute approximate surface area is 360 Å². The monoisotopic (exact) mass is 847 g/mol. The van der Waals surface area contributed by atoms with Gasteiger partial charge >= 0.3 is 11.9 Å². The maximum Gasteiger partial charge on any atom is 0.336 e. The van der Waals surface area contributed by atoms with Crippen LogP contribution in [0.2, 0.25) is 0 Å². The van der Waals surface area contributed by atoms with Crippen LogP contribution in [0.3, 0.4) is 0 Å². The number of nitrogens with zero attached hydrogens (tertiary/aromatic N) is 2. The van der Waals surface area contributed by atoms with Crippen LogP contribution < -0.4 is 30.9 Å². The molecule has 14 heteroatoms. The van der Waals surface area contributed by atoms with Gasteiger partial charge in [0.05, 0.1) is 23.7 Å². The van der Waals surface area contributed by atoms with Gasteiger partial charge in [-0.2, -0.15) is 0 Å². The molecule has 2 aliphatic carbocycles. The smallest absolute Gasteiger partial charge is 0.336 e. The first kappa shape index (κ1) is 42.8. The summed E-state index contributed by atoms with van der Waals surface area (Å²) in [6.45, 7) is -0.533. The maximum absolute atomic E-state index is 13.4. The van der Waals surface area contributed by atoms with Crippen molar-refractivity contribution in [2.24, 2.45) is 0 Å². The number of carbonyl (C=O) groups is 4. The molecule has 0 unspecified atom stereocenters. The second kappa shape index (κ2) is 17.0. The molecule has 2 amide bonds. The van der Waals surface area contributed by atoms with Crippen LogP contribution in [0.1, 0.15) is 44.1 Å². The number of anilines is 1. The Morgan fingerprint density at radius 3 is 1.89 bits per heavy atom. The molecule has 0 saturated carbocycles. The van der Waals surface area contributed by atoms with Crippen LogP contribution in [0.15, 0.2) is 123 Å². The molecule has 4 aromatic rings. The van der Waals surface area contributed by atoms with Crippen molar-refractivity contribution < 1.29 is 43.3 Å². The largest absolute Gasteiger partial charge is 0.508 e. The van der Waals surface area contributed by atoms with E-state index in [0.29, 0.717) is 61.1 Å². The minimum atomic E-state index is -1.25. The van der Waals surface area contributed by atoms with E-state index in [2.05, 4.69) is 10.6 Å². The fraction of sp³-hybridized carbons (Fsp3) is 0.143. The second-order valence-electron chi connectivity index (χ2n) is 15.2. The predicted octanol–water partition coefficient (Wildman–Crippen LogP) is 6.96. The molecule has 2 heterocycles. The van der Waals surface area contributed by atoms with E-state index in [4.69, 9.17) is 8.83 Å². The molecular weight excluding hydrogens is 805 g/mol. The molecule has 5 N–H and O–H groups in total. The lowest BCUT2D eigenvalue weighted by Crippen LogP contribution is -2.36. The standard InChI is InChI=1S/C48H38N4O10.CH4/c1-51(2)27-7-13-33-39(19-27)61-40-20-28(52(3)4)8-14-34(40)45(33)32-12-6-26(18-38(32)48(59)60)46(56)50-24-43(55)49-23-25-5-11-31(37(17-25)47(57)58)44-35-15-9-29(53)21-41(35)62-42-22-30(54)10-16-36(42)44;/h5-22H,23-24H2,1-4H3,(H4-,49,50,53,54,55,56,57,58,59,60);1H4/p+1. The zero-order valence-electron chi connectivity index (χ0n) is 33.9. The molecule has 0 spiro atoms. The van der Waals surface area contributed by atoms with Crippen LogP contribution >= 0.6 is 0 Å². The minimum absolute atomic E-state index is 0. The normalized spacial score (nSPS) is 11.0. The zero-order valence-corrected chi connectivity index (χ0v) is 33.9. The molecule has 4 aromatic carbocycles. The van der Waals surface area contributed by atoms with Gasteiger partial charge in [0, 0.05) is 89.2 Å². The summed E-state index contributed by atoms with van der Waals surface area (Å²) >= 11 is 0. The van der Waals surface area contributed by atoms with Crippen molar-refractivity contribution in [3.63, 3.8) is 0 Å². The summed E-state index contributed by atoms with van der Waals surface area (Å²) in [5.41, 5.74) is 4.61. The van der Waals surface area contributed by atoms with E-state index in [0.717, 1.165) is 11.0 Å². The van der Waals surface area contributed by atoms with E-state index in [9.17, 15) is 39.3 Å². The Morgan fingerprint density at radius 2 is 1.24 bits per heavy atom. The number of phenols is 1. The van der Waals surface area contributed by atoms with Crippen molar-refractivity contribution in [1.82, 2.24) is 15.2 Å². The molecule has 0 radical (unpaired) electrons. The van der Waals surface area contributed by atoms with Gasteiger partial charge < -0.3 is 39.7 Å². The number of rotatable bonds is 10. The summed E-state index contributed by atoms with van der Waals surface area (Å²) in [5.74, 6) is -3.07. The number of carboxylic acids is 2. The number of carboxylic acid groups (broad SMARTS) is 2. The Morgan fingerprint density at radius 1 is 0.651 bits per heavy atom. The number of hydrogen-bond donors (Lipinski definition) is 5. The van der Waals surface area contributed by atoms with Crippen LogP contribution in [0.5, 0.6) is 5.75 Å². The molecule has 0 atom stereocenters. The third-order valence-electron chi connectivity index (χ3n) is 10.7. The fourth-order valence-electron chi connectivity index (χ4n) is 7.57. The van der Waals surface area contributed by atoms with Gasteiger partial charge in [-0.25, -0.2) is 14.2 Å². The predicted molar refractivity (Wildman–Crippen MR) is 241 cm³/mol. The minimum Gasteiger partial charge on any atom is -0.508 e. The first-order chi connectivity index (χ1) is 29.7. The van der Waals surface area contributed by atoms with Gasteiger partial charge in [-0.15, -0.1) is 0 Å². The van der Waals surface area contributed by atoms with Crippen molar-refractivity contribution in [3.05, 3.63) is 147 Å². The van der Waals surface area contributed by atoms with E-state index < -0.39 is 30.3 Å². The third kappa shape index (κ3) is 8.29. The van der Waals surface area contributed by atoms with Crippen molar-refractivity contribution in [2.45, 2.75) is 14.0 Å². The maximum atomic E-state index is 13.4. The molecule has 0 aromatic heterocycles. The highest BCUT2D eigenvalue weighted by Crippen LogP contribution is 2.44. The third-order valence-corrected chi connectivity index (χ3v) is 10.7. The highest BCUT2D eigenvalue weighted by molar-refractivity contribution is 6.10. The number of benzene rings is 6. The molecule has 0 fully saturated rings. The lowest BCUT2D eigenvalue weighted by molar-refractivity contribution is -0.120. The SMILES string of the molecule is C.CN(C)c1ccc2c(-c3ccc(C(=O)NCC(=O)NCc4ccc(-c5c6ccc(=O)cc-6oc6cc(O)ccc56)c(C(=O)O)c4)cc3C(=O)O)c3ccc(=[N+](C)C)cc-3oc2c1. The highest BCUT2D eigenvalue weighted by Gasteiger charge is 2.25. The quantitative estimate of drug-likeness (QED) is 0.0703. The summed E-state index contributed by atoms with van der Waals surface area (Å²) in [5, 5.41) is 38.2. The topological polar surface area (TPSA) is 203 Å². The molecule has 4 aliphatic rings. The van der Waals surface area contributed by atoms with Gasteiger partial charge in [-0.05, 0) is 77.4 Å². The first-order valence-electron chi connectivity index (χ1n) is 19.3. The molecule has 0 saturated heterocycles. The van der Waals surface area contributed by atoms with Crippen LogP contribution in [-0.4, -0.2) is 73.8 Å². The summed E-state index contributed by atoms with van der Waals surface area (Å²) in [6, 6.07) is 29.0. The van der Waals surface area contributed by atoms with Gasteiger partial charge in [0.15, 0.2) is 5.43 Å². The van der Waals surface area contributed by atoms with E-state index in [1.54, 1.807) is 30.3 Å². The van der Waals surface area contributed by atoms with Crippen molar-refractivity contribution in [2.75, 3.05) is 39.6 Å². The van der Waals surface area contributed by atoms with E-state index in [1.807, 2.05) is 74.1 Å². The summed E-state index contributed by atoms with van der Waals surface area (Å²) in [7, 11) is 7.64. The van der Waals surface area contributed by atoms with Gasteiger partial charge in [0.25, 0.3) is 5.91 Å². The number of hydrogen-bond acceptors (Lipinski definition) is 9. The van der Waals surface area contributed by atoms with E-state index >= 15 is 0 Å². The van der Waals surface area contributed by atoms with Crippen molar-refractivity contribution in [1.29, 1.82) is 0 Å². The Kier molecular flexibility index (Phi) is 11.6. The molecular formula is C49H43N4O10+. The van der Waals surface area contributed by atoms with Gasteiger partial charge in [0.2, 0.25) is 11.3 Å². The average molecular weight is 848 g/mol.